The van der Waals surface area contributed by atoms with Crippen LogP contribution in [0.25, 0.3) is 0 Å². The smallest absolute Gasteiger partial charge is 0.0323 e. The van der Waals surface area contributed by atoms with E-state index < -0.39 is 0 Å². The van der Waals surface area contributed by atoms with E-state index in [-0.39, 0.29) is 0 Å². The molecule has 0 amide bonds. The van der Waals surface area contributed by atoms with Gasteiger partial charge in [-0.15, -0.1) is 0 Å². The lowest BCUT2D eigenvalue weighted by molar-refractivity contribution is 0.411. The quantitative estimate of drug-likeness (QED) is 0.784. The third-order valence-electron chi connectivity index (χ3n) is 3.00. The van der Waals surface area contributed by atoms with Crippen molar-refractivity contribution in [2.24, 2.45) is 0 Å². The molecule has 1 saturated heterocycles. The van der Waals surface area contributed by atoms with Crippen LogP contribution in [0.1, 0.15) is 36.4 Å². The third-order valence-corrected chi connectivity index (χ3v) is 4.16. The van der Waals surface area contributed by atoms with Gasteiger partial charge in [-0.3, -0.25) is 0 Å². The van der Waals surface area contributed by atoms with Gasteiger partial charge >= 0.3 is 0 Å². The highest BCUT2D eigenvalue weighted by molar-refractivity contribution is 14.1. The highest BCUT2D eigenvalue weighted by atomic mass is 127. The largest absolute Gasteiger partial charge is 0.310 e. The summed E-state index contributed by atoms with van der Waals surface area (Å²) in [5, 5.41) is 3.60. The maximum absolute atomic E-state index is 3.60. The summed E-state index contributed by atoms with van der Waals surface area (Å²) >= 11 is 2.42. The van der Waals surface area contributed by atoms with E-state index in [1.54, 1.807) is 0 Å². The fraction of sp³-hybridized carbons (Fsp3) is 0.500. The predicted molar refractivity (Wildman–Crippen MR) is 68.5 cm³/mol. The summed E-state index contributed by atoms with van der Waals surface area (Å²) in [5.74, 6) is 0. The Balaban J connectivity index is 2.26. The number of piperidine rings is 1. The first kappa shape index (κ1) is 10.4. The molecule has 0 aliphatic carbocycles. The molecule has 1 nitrogen and oxygen atoms in total. The molecule has 1 unspecified atom stereocenters. The van der Waals surface area contributed by atoms with Crippen LogP contribution in [0.5, 0.6) is 0 Å². The Hall–Kier alpha value is -0.0900. The van der Waals surface area contributed by atoms with Crippen LogP contribution in [0.2, 0.25) is 0 Å². The van der Waals surface area contributed by atoms with Crippen LogP contribution < -0.4 is 5.32 Å². The maximum Gasteiger partial charge on any atom is 0.0323 e. The molecular formula is C12H16IN. The Kier molecular flexibility index (Phi) is 3.44. The Morgan fingerprint density at radius 2 is 2.21 bits per heavy atom. The summed E-state index contributed by atoms with van der Waals surface area (Å²) in [4.78, 5) is 0. The molecule has 1 aliphatic heterocycles. The van der Waals surface area contributed by atoms with Crippen LogP contribution in [0, 0.1) is 10.5 Å². The Labute approximate surface area is 99.4 Å². The monoisotopic (exact) mass is 301 g/mol. The average molecular weight is 301 g/mol. The van der Waals surface area contributed by atoms with Crippen molar-refractivity contribution in [3.63, 3.8) is 0 Å². The van der Waals surface area contributed by atoms with Gasteiger partial charge in [0.25, 0.3) is 0 Å². The molecule has 1 N–H and O–H groups in total. The van der Waals surface area contributed by atoms with Gasteiger partial charge in [-0.1, -0.05) is 18.6 Å². The van der Waals surface area contributed by atoms with E-state index >= 15 is 0 Å². The fourth-order valence-electron chi connectivity index (χ4n) is 2.12. The van der Waals surface area contributed by atoms with Crippen molar-refractivity contribution in [2.75, 3.05) is 6.54 Å². The predicted octanol–water partition coefficient (Wildman–Crippen LogP) is 3.41. The lowest BCUT2D eigenvalue weighted by Crippen LogP contribution is -2.27. The zero-order valence-corrected chi connectivity index (χ0v) is 10.7. The van der Waals surface area contributed by atoms with Crippen molar-refractivity contribution in [3.05, 3.63) is 32.9 Å². The first-order valence-electron chi connectivity index (χ1n) is 5.27. The van der Waals surface area contributed by atoms with Gasteiger partial charge in [0.05, 0.1) is 0 Å². The summed E-state index contributed by atoms with van der Waals surface area (Å²) in [6.45, 7) is 3.41. The summed E-state index contributed by atoms with van der Waals surface area (Å²) in [6, 6.07) is 7.21. The molecule has 2 heteroatoms. The number of hydrogen-bond donors (Lipinski definition) is 1. The molecule has 1 atom stereocenters. The van der Waals surface area contributed by atoms with Gasteiger partial charge in [0.15, 0.2) is 0 Å². The second-order valence-corrected chi connectivity index (χ2v) is 5.12. The van der Waals surface area contributed by atoms with E-state index in [9.17, 15) is 0 Å². The minimum atomic E-state index is 0.596. The van der Waals surface area contributed by atoms with Crippen LogP contribution >= 0.6 is 22.6 Å². The lowest BCUT2D eigenvalue weighted by atomic mass is 9.94. The third kappa shape index (κ3) is 2.11. The molecule has 0 radical (unpaired) electrons. The molecule has 0 spiro atoms. The molecule has 1 aliphatic rings. The molecule has 14 heavy (non-hydrogen) atoms. The molecule has 1 fully saturated rings. The van der Waals surface area contributed by atoms with Crippen molar-refractivity contribution in [2.45, 2.75) is 32.2 Å². The molecule has 0 bridgehead atoms. The first-order chi connectivity index (χ1) is 6.79. The molecule has 0 aromatic heterocycles. The Morgan fingerprint density at radius 1 is 1.36 bits per heavy atom. The summed E-state index contributed by atoms with van der Waals surface area (Å²) < 4.78 is 1.38. The number of benzene rings is 1. The zero-order chi connectivity index (χ0) is 9.97. The van der Waals surface area contributed by atoms with Crippen LogP contribution in [-0.4, -0.2) is 6.54 Å². The van der Waals surface area contributed by atoms with Crippen molar-refractivity contribution in [1.82, 2.24) is 5.32 Å². The standard InChI is InChI=1S/C12H16IN/c1-9-10(5-4-6-11(9)13)12-7-2-3-8-14-12/h4-6,12,14H,2-3,7-8H2,1H3. The van der Waals surface area contributed by atoms with Crippen LogP contribution in [-0.2, 0) is 0 Å². The van der Waals surface area contributed by atoms with Gasteiger partial charge in [0, 0.05) is 9.61 Å². The summed E-state index contributed by atoms with van der Waals surface area (Å²) in [5.41, 5.74) is 2.95. The zero-order valence-electron chi connectivity index (χ0n) is 8.52. The fourth-order valence-corrected chi connectivity index (χ4v) is 2.64. The maximum atomic E-state index is 3.60. The van der Waals surface area contributed by atoms with E-state index in [1.807, 2.05) is 0 Å². The number of nitrogens with one attached hydrogen (secondary N) is 1. The van der Waals surface area contributed by atoms with E-state index in [2.05, 4.69) is 53.0 Å². The van der Waals surface area contributed by atoms with E-state index in [0.29, 0.717) is 6.04 Å². The van der Waals surface area contributed by atoms with E-state index in [4.69, 9.17) is 0 Å². The second kappa shape index (κ2) is 4.62. The second-order valence-electron chi connectivity index (χ2n) is 3.96. The molecule has 1 heterocycles. The Morgan fingerprint density at radius 3 is 2.93 bits per heavy atom. The number of hydrogen-bond acceptors (Lipinski definition) is 1. The molecule has 76 valence electrons. The van der Waals surface area contributed by atoms with E-state index in [1.165, 1.54) is 40.5 Å². The highest BCUT2D eigenvalue weighted by Gasteiger charge is 2.16. The highest BCUT2D eigenvalue weighted by Crippen LogP contribution is 2.27. The topological polar surface area (TPSA) is 12.0 Å². The van der Waals surface area contributed by atoms with Gasteiger partial charge in [-0.25, -0.2) is 0 Å². The SMILES string of the molecule is Cc1c(I)cccc1C1CCCCN1. The summed E-state index contributed by atoms with van der Waals surface area (Å²) in [7, 11) is 0. The van der Waals surface area contributed by atoms with Crippen molar-refractivity contribution >= 4 is 22.6 Å². The minimum absolute atomic E-state index is 0.596. The first-order valence-corrected chi connectivity index (χ1v) is 6.35. The Bertz CT molecular complexity index is 316. The molecule has 0 saturated carbocycles. The van der Waals surface area contributed by atoms with Crippen LogP contribution in [0.15, 0.2) is 18.2 Å². The molecule has 2 rings (SSSR count). The molecule has 1 aromatic rings. The lowest BCUT2D eigenvalue weighted by Gasteiger charge is -2.25. The van der Waals surface area contributed by atoms with Crippen molar-refractivity contribution < 1.29 is 0 Å². The van der Waals surface area contributed by atoms with Crippen LogP contribution in [0.4, 0.5) is 0 Å². The molecule has 1 aromatic carbocycles. The number of rotatable bonds is 1. The molecular weight excluding hydrogens is 285 g/mol. The normalized spacial score (nSPS) is 22.3. The van der Waals surface area contributed by atoms with Gasteiger partial charge < -0.3 is 5.32 Å². The van der Waals surface area contributed by atoms with Crippen molar-refractivity contribution in [3.8, 4) is 0 Å². The van der Waals surface area contributed by atoms with Gasteiger partial charge in [-0.05, 0) is 66.1 Å². The van der Waals surface area contributed by atoms with Gasteiger partial charge in [-0.2, -0.15) is 0 Å². The van der Waals surface area contributed by atoms with Gasteiger partial charge in [0.2, 0.25) is 0 Å². The number of halogens is 1. The average Bonchev–Trinajstić information content (AvgIpc) is 2.23. The van der Waals surface area contributed by atoms with E-state index in [0.717, 1.165) is 0 Å². The minimum Gasteiger partial charge on any atom is -0.310 e. The van der Waals surface area contributed by atoms with Crippen molar-refractivity contribution in [1.29, 1.82) is 0 Å². The van der Waals surface area contributed by atoms with Gasteiger partial charge in [0.1, 0.15) is 0 Å². The van der Waals surface area contributed by atoms with Crippen LogP contribution in [0.3, 0.4) is 0 Å². The summed E-state index contributed by atoms with van der Waals surface area (Å²) in [6.07, 6.45) is 3.99.